The van der Waals surface area contributed by atoms with Crippen molar-refractivity contribution in [3.05, 3.63) is 0 Å². The van der Waals surface area contributed by atoms with Gasteiger partial charge in [-0.25, -0.2) is 10.4 Å². The fourth-order valence-corrected chi connectivity index (χ4v) is 3.34. The van der Waals surface area contributed by atoms with E-state index in [9.17, 15) is 9.59 Å². The van der Waals surface area contributed by atoms with E-state index in [1.807, 2.05) is 0 Å². The smallest absolute Gasteiger partial charge is 0.244 e. The number of hydrazine groups is 2. The Bertz CT molecular complexity index is 351. The Morgan fingerprint density at radius 1 is 0.679 bits per heavy atom. The summed E-state index contributed by atoms with van der Waals surface area (Å²) in [7, 11) is 0. The summed E-state index contributed by atoms with van der Waals surface area (Å²) >= 11 is 0. The molecule has 0 spiro atoms. The number of unbranched alkanes of at least 4 members (excludes halogenated alkanes) is 15. The lowest BCUT2D eigenvalue weighted by molar-refractivity contribution is -0.143. The van der Waals surface area contributed by atoms with Crippen LogP contribution in [0.4, 0.5) is 0 Å². The van der Waals surface area contributed by atoms with Crippen molar-refractivity contribution in [2.45, 2.75) is 129 Å². The highest BCUT2D eigenvalue weighted by molar-refractivity contribution is 5.85. The van der Waals surface area contributed by atoms with Crippen LogP contribution in [0.25, 0.3) is 0 Å². The number of carbonyl (C=O) groups is 2. The molecule has 28 heavy (non-hydrogen) atoms. The fourth-order valence-electron chi connectivity index (χ4n) is 3.34. The summed E-state index contributed by atoms with van der Waals surface area (Å²) in [6, 6.07) is 0. The molecular weight excluding hydrogens is 350 g/mol. The van der Waals surface area contributed by atoms with E-state index in [0.717, 1.165) is 30.8 Å². The number of carbonyl (C=O) groups excluding carboxylic acids is 2. The van der Waals surface area contributed by atoms with Crippen LogP contribution in [0.2, 0.25) is 0 Å². The van der Waals surface area contributed by atoms with Gasteiger partial charge in [-0.05, 0) is 12.8 Å². The molecule has 0 aliphatic rings. The SMILES string of the molecule is CCCCCCCCCCCCNNN(C=O)C(=O)CCCCCCCCC. The minimum Gasteiger partial charge on any atom is -0.277 e. The van der Waals surface area contributed by atoms with Crippen LogP contribution in [0.5, 0.6) is 0 Å². The topological polar surface area (TPSA) is 61.4 Å². The molecule has 0 aromatic carbocycles. The lowest BCUT2D eigenvalue weighted by Gasteiger charge is -2.17. The third-order valence-corrected chi connectivity index (χ3v) is 5.22. The Labute approximate surface area is 174 Å². The Morgan fingerprint density at radius 2 is 1.11 bits per heavy atom. The number of imide groups is 1. The van der Waals surface area contributed by atoms with Crippen LogP contribution in [-0.4, -0.2) is 23.9 Å². The molecule has 0 radical (unpaired) electrons. The standard InChI is InChI=1S/C23H47N3O2/c1-3-5-7-9-11-12-13-15-17-19-21-24-25-26(22-27)23(28)20-18-16-14-10-8-6-4-2/h22,24-25H,3-21H2,1-2H3. The van der Waals surface area contributed by atoms with Gasteiger partial charge in [-0.2, -0.15) is 5.53 Å². The van der Waals surface area contributed by atoms with E-state index >= 15 is 0 Å². The number of hydrogen-bond acceptors (Lipinski definition) is 4. The zero-order valence-electron chi connectivity index (χ0n) is 18.8. The molecule has 0 aromatic rings. The highest BCUT2D eigenvalue weighted by Crippen LogP contribution is 2.10. The maximum absolute atomic E-state index is 12.0. The Morgan fingerprint density at radius 3 is 1.57 bits per heavy atom. The Balaban J connectivity index is 3.47. The molecule has 5 heteroatoms. The van der Waals surface area contributed by atoms with Crippen molar-refractivity contribution >= 4 is 12.3 Å². The van der Waals surface area contributed by atoms with E-state index in [0.29, 0.717) is 12.8 Å². The normalized spacial score (nSPS) is 10.9. The minimum atomic E-state index is -0.154. The van der Waals surface area contributed by atoms with E-state index < -0.39 is 0 Å². The summed E-state index contributed by atoms with van der Waals surface area (Å²) in [5, 5.41) is 1.05. The number of hydrogen-bond donors (Lipinski definition) is 2. The van der Waals surface area contributed by atoms with Crippen molar-refractivity contribution in [1.82, 2.24) is 16.0 Å². The largest absolute Gasteiger partial charge is 0.277 e. The molecule has 0 aliphatic heterocycles. The molecule has 0 aliphatic carbocycles. The first-order chi connectivity index (χ1) is 13.8. The first-order valence-electron chi connectivity index (χ1n) is 12.0. The van der Waals surface area contributed by atoms with Gasteiger partial charge in [0.15, 0.2) is 0 Å². The molecule has 0 heterocycles. The van der Waals surface area contributed by atoms with Gasteiger partial charge in [0.25, 0.3) is 0 Å². The van der Waals surface area contributed by atoms with Crippen molar-refractivity contribution in [2.24, 2.45) is 0 Å². The van der Waals surface area contributed by atoms with E-state index in [1.165, 1.54) is 89.9 Å². The third kappa shape index (κ3) is 18.4. The van der Waals surface area contributed by atoms with Crippen LogP contribution >= 0.6 is 0 Å². The van der Waals surface area contributed by atoms with Gasteiger partial charge in [0.05, 0.1) is 0 Å². The molecule has 2 amide bonds. The Hall–Kier alpha value is -0.940. The number of amides is 2. The number of nitrogens with zero attached hydrogens (tertiary/aromatic N) is 1. The minimum absolute atomic E-state index is 0.154. The van der Waals surface area contributed by atoms with Gasteiger partial charge in [0.1, 0.15) is 0 Å². The van der Waals surface area contributed by atoms with Gasteiger partial charge >= 0.3 is 0 Å². The molecule has 0 fully saturated rings. The summed E-state index contributed by atoms with van der Waals surface area (Å²) in [6.45, 7) is 5.24. The summed E-state index contributed by atoms with van der Waals surface area (Å²) < 4.78 is 0. The van der Waals surface area contributed by atoms with Crippen molar-refractivity contribution in [2.75, 3.05) is 6.54 Å². The number of nitrogens with one attached hydrogen (secondary N) is 2. The average Bonchev–Trinajstić information content (AvgIpc) is 2.70. The van der Waals surface area contributed by atoms with Crippen LogP contribution in [-0.2, 0) is 9.59 Å². The molecule has 166 valence electrons. The first-order valence-corrected chi connectivity index (χ1v) is 12.0. The second-order valence-corrected chi connectivity index (χ2v) is 7.96. The molecule has 0 unspecified atom stereocenters. The van der Waals surface area contributed by atoms with Gasteiger partial charge in [-0.15, -0.1) is 0 Å². The van der Waals surface area contributed by atoms with Gasteiger partial charge in [0.2, 0.25) is 12.3 Å². The average molecular weight is 398 g/mol. The van der Waals surface area contributed by atoms with E-state index in [1.54, 1.807) is 0 Å². The van der Waals surface area contributed by atoms with Crippen LogP contribution in [0.1, 0.15) is 129 Å². The third-order valence-electron chi connectivity index (χ3n) is 5.22. The van der Waals surface area contributed by atoms with Crippen LogP contribution < -0.4 is 11.0 Å². The summed E-state index contributed by atoms with van der Waals surface area (Å²) in [4.78, 5) is 23.1. The second-order valence-electron chi connectivity index (χ2n) is 7.96. The maximum atomic E-state index is 12.0. The molecule has 0 saturated heterocycles. The van der Waals surface area contributed by atoms with Gasteiger partial charge in [-0.1, -0.05) is 110 Å². The molecule has 2 N–H and O–H groups in total. The highest BCUT2D eigenvalue weighted by Gasteiger charge is 2.11. The molecule has 0 rings (SSSR count). The Kier molecular flexibility index (Phi) is 21.6. The van der Waals surface area contributed by atoms with Crippen LogP contribution in [0.3, 0.4) is 0 Å². The van der Waals surface area contributed by atoms with E-state index in [-0.39, 0.29) is 5.91 Å². The van der Waals surface area contributed by atoms with Crippen molar-refractivity contribution in [1.29, 1.82) is 0 Å². The first kappa shape index (κ1) is 27.1. The van der Waals surface area contributed by atoms with Crippen molar-refractivity contribution in [3.8, 4) is 0 Å². The molecule has 0 aromatic heterocycles. The monoisotopic (exact) mass is 397 g/mol. The zero-order valence-corrected chi connectivity index (χ0v) is 18.8. The summed E-state index contributed by atoms with van der Waals surface area (Å²) in [6.07, 6.45) is 22.2. The van der Waals surface area contributed by atoms with Crippen LogP contribution in [0, 0.1) is 0 Å². The van der Waals surface area contributed by atoms with Crippen molar-refractivity contribution < 1.29 is 9.59 Å². The predicted molar refractivity (Wildman–Crippen MR) is 119 cm³/mol. The second kappa shape index (κ2) is 22.4. The van der Waals surface area contributed by atoms with E-state index in [2.05, 4.69) is 24.8 Å². The van der Waals surface area contributed by atoms with Crippen LogP contribution in [0.15, 0.2) is 0 Å². The predicted octanol–water partition coefficient (Wildman–Crippen LogP) is 6.04. The summed E-state index contributed by atoms with van der Waals surface area (Å²) in [5.74, 6) is -0.154. The molecule has 0 saturated carbocycles. The highest BCUT2D eigenvalue weighted by atomic mass is 16.2. The molecule has 5 nitrogen and oxygen atoms in total. The quantitative estimate of drug-likeness (QED) is 0.133. The van der Waals surface area contributed by atoms with Gasteiger partial charge < -0.3 is 0 Å². The maximum Gasteiger partial charge on any atom is 0.244 e. The van der Waals surface area contributed by atoms with Gasteiger partial charge in [0, 0.05) is 13.0 Å². The van der Waals surface area contributed by atoms with E-state index in [4.69, 9.17) is 0 Å². The molecular formula is C23H47N3O2. The van der Waals surface area contributed by atoms with Gasteiger partial charge in [-0.3, -0.25) is 9.59 Å². The zero-order chi connectivity index (χ0) is 20.7. The number of rotatable bonds is 22. The molecule has 0 bridgehead atoms. The lowest BCUT2D eigenvalue weighted by Crippen LogP contribution is -2.49. The lowest BCUT2D eigenvalue weighted by atomic mass is 10.1. The fraction of sp³-hybridized carbons (Fsp3) is 0.913. The summed E-state index contributed by atoms with van der Waals surface area (Å²) in [5.41, 5.74) is 5.73. The molecule has 0 atom stereocenters. The van der Waals surface area contributed by atoms with Crippen molar-refractivity contribution in [3.63, 3.8) is 0 Å².